The molecule has 1 aromatic heterocycles. The molecule has 0 spiro atoms. The molecule has 0 aliphatic heterocycles. The maximum atomic E-state index is 13.6. The summed E-state index contributed by atoms with van der Waals surface area (Å²) < 4.78 is 26.4. The summed E-state index contributed by atoms with van der Waals surface area (Å²) in [6.07, 6.45) is 0. The van der Waals surface area contributed by atoms with Crippen LogP contribution in [0.4, 0.5) is 8.78 Å². The summed E-state index contributed by atoms with van der Waals surface area (Å²) in [6, 6.07) is 5.01. The first kappa shape index (κ1) is 11.6. The lowest BCUT2D eigenvalue weighted by Crippen LogP contribution is -2.05. The van der Waals surface area contributed by atoms with Crippen molar-refractivity contribution in [1.82, 2.24) is 9.97 Å². The molecule has 0 fully saturated rings. The molecular weight excluding hydrogens is 224 g/mol. The highest BCUT2D eigenvalue weighted by molar-refractivity contribution is 5.60. The van der Waals surface area contributed by atoms with Gasteiger partial charge in [-0.3, -0.25) is 0 Å². The highest BCUT2D eigenvalue weighted by atomic mass is 19.1. The van der Waals surface area contributed by atoms with Crippen molar-refractivity contribution in [2.45, 2.75) is 13.5 Å². The number of aryl methyl sites for hydroxylation is 1. The van der Waals surface area contributed by atoms with E-state index in [4.69, 9.17) is 5.73 Å². The summed E-state index contributed by atoms with van der Waals surface area (Å²) in [6.45, 7) is 1.95. The second kappa shape index (κ2) is 4.55. The minimum atomic E-state index is -0.647. The van der Waals surface area contributed by atoms with Crippen LogP contribution < -0.4 is 5.73 Å². The van der Waals surface area contributed by atoms with E-state index < -0.39 is 11.6 Å². The molecule has 0 aliphatic rings. The van der Waals surface area contributed by atoms with E-state index in [1.54, 1.807) is 13.0 Å². The van der Waals surface area contributed by atoms with E-state index in [0.717, 1.165) is 6.07 Å². The molecule has 0 aliphatic carbocycles. The average molecular weight is 235 g/mol. The van der Waals surface area contributed by atoms with Crippen LogP contribution >= 0.6 is 0 Å². The third kappa shape index (κ3) is 2.45. The number of hydrogen-bond donors (Lipinski definition) is 1. The Balaban J connectivity index is 2.55. The molecule has 2 rings (SSSR count). The highest BCUT2D eigenvalue weighted by Crippen LogP contribution is 2.22. The molecule has 1 aromatic carbocycles. The first-order valence-electron chi connectivity index (χ1n) is 5.10. The van der Waals surface area contributed by atoms with Crippen LogP contribution in [0.2, 0.25) is 0 Å². The van der Waals surface area contributed by atoms with Crippen LogP contribution in [0.5, 0.6) is 0 Å². The molecular formula is C12H11F2N3. The molecule has 0 unspecified atom stereocenters. The zero-order valence-corrected chi connectivity index (χ0v) is 9.24. The number of halogens is 2. The van der Waals surface area contributed by atoms with E-state index in [1.807, 2.05) is 0 Å². The third-order valence-electron chi connectivity index (χ3n) is 2.29. The maximum Gasteiger partial charge on any atom is 0.142 e. The van der Waals surface area contributed by atoms with Crippen molar-refractivity contribution < 1.29 is 8.78 Å². The highest BCUT2D eigenvalue weighted by Gasteiger charge is 2.09. The quantitative estimate of drug-likeness (QED) is 0.868. The molecule has 1 heterocycles. The van der Waals surface area contributed by atoms with Gasteiger partial charge in [0.25, 0.3) is 0 Å². The Morgan fingerprint density at radius 3 is 2.59 bits per heavy atom. The van der Waals surface area contributed by atoms with Gasteiger partial charge in [0, 0.05) is 17.3 Å². The Kier molecular flexibility index (Phi) is 3.10. The Morgan fingerprint density at radius 1 is 1.18 bits per heavy atom. The second-order valence-corrected chi connectivity index (χ2v) is 3.64. The zero-order chi connectivity index (χ0) is 12.4. The predicted molar refractivity (Wildman–Crippen MR) is 60.0 cm³/mol. The summed E-state index contributed by atoms with van der Waals surface area (Å²) in [5.74, 6) is -0.828. The number of rotatable bonds is 2. The van der Waals surface area contributed by atoms with Crippen molar-refractivity contribution in [2.24, 2.45) is 5.73 Å². The number of nitrogens with two attached hydrogens (primary N) is 1. The summed E-state index contributed by atoms with van der Waals surface area (Å²) >= 11 is 0. The van der Waals surface area contributed by atoms with E-state index in [2.05, 4.69) is 9.97 Å². The number of nitrogens with zero attached hydrogens (tertiary/aromatic N) is 2. The van der Waals surface area contributed by atoms with Crippen molar-refractivity contribution in [3.05, 3.63) is 47.4 Å². The molecule has 0 atom stereocenters. The SMILES string of the molecule is Cc1cc(-c2ccc(F)cc2F)nc(CN)n1. The van der Waals surface area contributed by atoms with Crippen LogP contribution in [0, 0.1) is 18.6 Å². The summed E-state index contributed by atoms with van der Waals surface area (Å²) in [7, 11) is 0. The van der Waals surface area contributed by atoms with Gasteiger partial charge < -0.3 is 5.73 Å². The van der Waals surface area contributed by atoms with E-state index in [1.165, 1.54) is 12.1 Å². The molecule has 3 nitrogen and oxygen atoms in total. The lowest BCUT2D eigenvalue weighted by Gasteiger charge is -2.06. The van der Waals surface area contributed by atoms with Gasteiger partial charge in [-0.15, -0.1) is 0 Å². The van der Waals surface area contributed by atoms with Gasteiger partial charge in [0.15, 0.2) is 0 Å². The fourth-order valence-electron chi connectivity index (χ4n) is 1.56. The smallest absolute Gasteiger partial charge is 0.142 e. The van der Waals surface area contributed by atoms with Crippen LogP contribution in [0.3, 0.4) is 0 Å². The fourth-order valence-corrected chi connectivity index (χ4v) is 1.56. The van der Waals surface area contributed by atoms with Crippen LogP contribution in [0.15, 0.2) is 24.3 Å². The molecule has 0 saturated carbocycles. The Morgan fingerprint density at radius 2 is 1.94 bits per heavy atom. The lowest BCUT2D eigenvalue weighted by molar-refractivity contribution is 0.585. The number of hydrogen-bond acceptors (Lipinski definition) is 3. The minimum absolute atomic E-state index is 0.178. The molecule has 0 saturated heterocycles. The van der Waals surface area contributed by atoms with Crippen molar-refractivity contribution in [3.8, 4) is 11.3 Å². The van der Waals surface area contributed by atoms with Crippen molar-refractivity contribution in [1.29, 1.82) is 0 Å². The van der Waals surface area contributed by atoms with Crippen molar-refractivity contribution in [3.63, 3.8) is 0 Å². The third-order valence-corrected chi connectivity index (χ3v) is 2.29. The molecule has 2 aromatic rings. The monoisotopic (exact) mass is 235 g/mol. The zero-order valence-electron chi connectivity index (χ0n) is 9.24. The molecule has 0 amide bonds. The van der Waals surface area contributed by atoms with Gasteiger partial charge in [0.2, 0.25) is 0 Å². The summed E-state index contributed by atoms with van der Waals surface area (Å²) in [5, 5.41) is 0. The van der Waals surface area contributed by atoms with Gasteiger partial charge in [0.05, 0.1) is 12.2 Å². The molecule has 5 heteroatoms. The lowest BCUT2D eigenvalue weighted by atomic mass is 10.1. The Bertz CT molecular complexity index is 555. The molecule has 0 bridgehead atoms. The van der Waals surface area contributed by atoms with Crippen LogP contribution in [0.25, 0.3) is 11.3 Å². The van der Waals surface area contributed by atoms with Crippen LogP contribution in [0.1, 0.15) is 11.5 Å². The van der Waals surface area contributed by atoms with E-state index in [9.17, 15) is 8.78 Å². The van der Waals surface area contributed by atoms with Gasteiger partial charge in [0.1, 0.15) is 17.5 Å². The van der Waals surface area contributed by atoms with Gasteiger partial charge >= 0.3 is 0 Å². The standard InChI is InChI=1S/C12H11F2N3/c1-7-4-11(17-12(6-15)16-7)9-3-2-8(13)5-10(9)14/h2-5H,6,15H2,1H3. The topological polar surface area (TPSA) is 51.8 Å². The average Bonchev–Trinajstić information content (AvgIpc) is 2.28. The first-order valence-corrected chi connectivity index (χ1v) is 5.10. The second-order valence-electron chi connectivity index (χ2n) is 3.64. The van der Waals surface area contributed by atoms with Gasteiger partial charge in [-0.05, 0) is 25.1 Å². The van der Waals surface area contributed by atoms with Gasteiger partial charge in [-0.2, -0.15) is 0 Å². The molecule has 2 N–H and O–H groups in total. The number of benzene rings is 1. The van der Waals surface area contributed by atoms with Crippen LogP contribution in [-0.2, 0) is 6.54 Å². The fraction of sp³-hybridized carbons (Fsp3) is 0.167. The molecule has 17 heavy (non-hydrogen) atoms. The summed E-state index contributed by atoms with van der Waals surface area (Å²) in [5.41, 5.74) is 6.80. The minimum Gasteiger partial charge on any atom is -0.324 e. The molecule has 88 valence electrons. The normalized spacial score (nSPS) is 10.6. The van der Waals surface area contributed by atoms with Crippen molar-refractivity contribution in [2.75, 3.05) is 0 Å². The van der Waals surface area contributed by atoms with E-state index in [-0.39, 0.29) is 12.1 Å². The van der Waals surface area contributed by atoms with Gasteiger partial charge in [-0.25, -0.2) is 18.7 Å². The van der Waals surface area contributed by atoms with Gasteiger partial charge in [-0.1, -0.05) is 0 Å². The van der Waals surface area contributed by atoms with Crippen LogP contribution in [-0.4, -0.2) is 9.97 Å². The largest absolute Gasteiger partial charge is 0.324 e. The van der Waals surface area contributed by atoms with E-state index >= 15 is 0 Å². The van der Waals surface area contributed by atoms with E-state index in [0.29, 0.717) is 17.2 Å². The number of aromatic nitrogens is 2. The summed E-state index contributed by atoms with van der Waals surface area (Å²) in [4.78, 5) is 8.21. The Labute approximate surface area is 97.3 Å². The maximum absolute atomic E-state index is 13.6. The Hall–Kier alpha value is -1.88. The molecule has 0 radical (unpaired) electrons. The van der Waals surface area contributed by atoms with Crippen molar-refractivity contribution >= 4 is 0 Å². The predicted octanol–water partition coefficient (Wildman–Crippen LogP) is 2.19. The first-order chi connectivity index (χ1) is 8.10.